The van der Waals surface area contributed by atoms with Crippen LogP contribution in [0.4, 0.5) is 8.78 Å². The van der Waals surface area contributed by atoms with Gasteiger partial charge in [-0.25, -0.2) is 4.68 Å². The third-order valence-corrected chi connectivity index (χ3v) is 3.37. The second kappa shape index (κ2) is 6.27. The van der Waals surface area contributed by atoms with E-state index in [1.165, 1.54) is 6.07 Å². The van der Waals surface area contributed by atoms with Gasteiger partial charge in [0.05, 0.1) is 11.7 Å². The van der Waals surface area contributed by atoms with Crippen LogP contribution < -0.4 is 10.1 Å². The Bertz CT molecular complexity index is 571. The fourth-order valence-electron chi connectivity index (χ4n) is 1.98. The van der Waals surface area contributed by atoms with Gasteiger partial charge in [0.1, 0.15) is 5.75 Å². The van der Waals surface area contributed by atoms with Crippen molar-refractivity contribution in [1.82, 2.24) is 20.3 Å². The zero-order valence-electron chi connectivity index (χ0n) is 10.8. The highest BCUT2D eigenvalue weighted by Gasteiger charge is 2.21. The van der Waals surface area contributed by atoms with Gasteiger partial charge < -0.3 is 10.1 Å². The molecule has 0 aliphatic heterocycles. The molecule has 108 valence electrons. The van der Waals surface area contributed by atoms with Crippen LogP contribution in [0.25, 0.3) is 0 Å². The van der Waals surface area contributed by atoms with Gasteiger partial charge in [0.15, 0.2) is 4.60 Å². The van der Waals surface area contributed by atoms with E-state index in [1.54, 1.807) is 30.9 Å². The number of aromatic nitrogens is 3. The van der Waals surface area contributed by atoms with Crippen LogP contribution in [0, 0.1) is 0 Å². The number of ether oxygens (including phenoxy) is 1. The van der Waals surface area contributed by atoms with E-state index < -0.39 is 6.61 Å². The number of alkyl halides is 2. The molecule has 2 aromatic rings. The highest BCUT2D eigenvalue weighted by atomic mass is 79.9. The van der Waals surface area contributed by atoms with Crippen molar-refractivity contribution >= 4 is 15.9 Å². The van der Waals surface area contributed by atoms with Gasteiger partial charge in [-0.2, -0.15) is 8.78 Å². The summed E-state index contributed by atoms with van der Waals surface area (Å²) in [5.74, 6) is 0.115. The smallest absolute Gasteiger partial charge is 0.387 e. The van der Waals surface area contributed by atoms with Crippen molar-refractivity contribution < 1.29 is 13.5 Å². The van der Waals surface area contributed by atoms with Crippen molar-refractivity contribution in [2.24, 2.45) is 7.05 Å². The Labute approximate surface area is 123 Å². The quantitative estimate of drug-likeness (QED) is 0.903. The predicted octanol–water partition coefficient (Wildman–Crippen LogP) is 2.49. The normalized spacial score (nSPS) is 12.7. The Morgan fingerprint density at radius 3 is 2.70 bits per heavy atom. The molecule has 0 fully saturated rings. The van der Waals surface area contributed by atoms with Gasteiger partial charge in [0.25, 0.3) is 0 Å². The topological polar surface area (TPSA) is 52.0 Å². The van der Waals surface area contributed by atoms with Gasteiger partial charge in [-0.05, 0) is 40.7 Å². The minimum atomic E-state index is -2.84. The van der Waals surface area contributed by atoms with Crippen LogP contribution >= 0.6 is 15.9 Å². The fraction of sp³-hybridized carbons (Fsp3) is 0.333. The number of benzene rings is 1. The molecule has 0 saturated carbocycles. The Balaban J connectivity index is 2.37. The van der Waals surface area contributed by atoms with E-state index in [-0.39, 0.29) is 11.8 Å². The molecule has 0 saturated heterocycles. The summed E-state index contributed by atoms with van der Waals surface area (Å²) in [5, 5.41) is 10.9. The van der Waals surface area contributed by atoms with E-state index in [0.29, 0.717) is 4.60 Å². The molecule has 1 heterocycles. The van der Waals surface area contributed by atoms with E-state index in [1.807, 2.05) is 6.07 Å². The Kier molecular flexibility index (Phi) is 4.66. The van der Waals surface area contributed by atoms with Gasteiger partial charge in [-0.1, -0.05) is 17.3 Å². The summed E-state index contributed by atoms with van der Waals surface area (Å²) in [6.07, 6.45) is 0. The number of nitrogens with one attached hydrogen (secondary N) is 1. The third kappa shape index (κ3) is 3.13. The van der Waals surface area contributed by atoms with Crippen LogP contribution in [0.15, 0.2) is 28.9 Å². The predicted molar refractivity (Wildman–Crippen MR) is 72.7 cm³/mol. The van der Waals surface area contributed by atoms with E-state index in [2.05, 4.69) is 36.3 Å². The van der Waals surface area contributed by atoms with Crippen LogP contribution in [-0.2, 0) is 7.05 Å². The van der Waals surface area contributed by atoms with Gasteiger partial charge >= 0.3 is 6.61 Å². The second-order valence-electron chi connectivity index (χ2n) is 4.06. The molecule has 0 aliphatic rings. The van der Waals surface area contributed by atoms with Crippen molar-refractivity contribution in [3.05, 3.63) is 40.1 Å². The molecule has 2 rings (SSSR count). The molecule has 1 N–H and O–H groups in total. The van der Waals surface area contributed by atoms with Crippen LogP contribution in [0.5, 0.6) is 5.75 Å². The minimum absolute atomic E-state index is 0.115. The highest BCUT2D eigenvalue weighted by molar-refractivity contribution is 9.10. The first kappa shape index (κ1) is 14.9. The standard InChI is InChI=1S/C12H13BrF2N4O/c1-16-9(10-11(13)17-18-19(10)2)7-4-3-5-8(6-7)20-12(14)15/h3-6,9,12,16H,1-2H3. The summed E-state index contributed by atoms with van der Waals surface area (Å²) < 4.78 is 31.2. The van der Waals surface area contributed by atoms with Crippen LogP contribution in [0.1, 0.15) is 17.3 Å². The largest absolute Gasteiger partial charge is 0.435 e. The maximum Gasteiger partial charge on any atom is 0.387 e. The number of hydrogen-bond donors (Lipinski definition) is 1. The monoisotopic (exact) mass is 346 g/mol. The summed E-state index contributed by atoms with van der Waals surface area (Å²) in [4.78, 5) is 0. The Morgan fingerprint density at radius 1 is 1.40 bits per heavy atom. The second-order valence-corrected chi connectivity index (χ2v) is 4.81. The lowest BCUT2D eigenvalue weighted by molar-refractivity contribution is -0.0498. The first-order valence-electron chi connectivity index (χ1n) is 5.80. The van der Waals surface area contributed by atoms with Crippen molar-refractivity contribution in [2.45, 2.75) is 12.7 Å². The lowest BCUT2D eigenvalue weighted by Gasteiger charge is -2.18. The van der Waals surface area contributed by atoms with Crippen molar-refractivity contribution in [3.8, 4) is 5.75 Å². The molecular formula is C12H13BrF2N4O. The molecule has 0 radical (unpaired) electrons. The van der Waals surface area contributed by atoms with Gasteiger partial charge in [-0.3, -0.25) is 0 Å². The van der Waals surface area contributed by atoms with Gasteiger partial charge in [-0.15, -0.1) is 5.10 Å². The lowest BCUT2D eigenvalue weighted by Crippen LogP contribution is -2.21. The number of hydrogen-bond acceptors (Lipinski definition) is 4. The molecule has 5 nitrogen and oxygen atoms in total. The van der Waals surface area contributed by atoms with E-state index in [9.17, 15) is 8.78 Å². The minimum Gasteiger partial charge on any atom is -0.435 e. The number of aryl methyl sites for hydroxylation is 1. The molecule has 0 aliphatic carbocycles. The summed E-state index contributed by atoms with van der Waals surface area (Å²) in [7, 11) is 3.53. The molecular weight excluding hydrogens is 334 g/mol. The Hall–Kier alpha value is -1.54. The average molecular weight is 347 g/mol. The number of rotatable bonds is 5. The van der Waals surface area contributed by atoms with Crippen LogP contribution in [-0.4, -0.2) is 28.7 Å². The number of nitrogens with zero attached hydrogens (tertiary/aromatic N) is 3. The molecule has 8 heteroatoms. The molecule has 1 aromatic carbocycles. The summed E-state index contributed by atoms with van der Waals surface area (Å²) in [6, 6.07) is 6.28. The van der Waals surface area contributed by atoms with E-state index in [0.717, 1.165) is 11.3 Å². The third-order valence-electron chi connectivity index (χ3n) is 2.81. The lowest BCUT2D eigenvalue weighted by atomic mass is 10.0. The zero-order chi connectivity index (χ0) is 14.7. The number of halogens is 3. The summed E-state index contributed by atoms with van der Waals surface area (Å²) in [6.45, 7) is -2.84. The van der Waals surface area contributed by atoms with Gasteiger partial charge in [0, 0.05) is 7.05 Å². The van der Waals surface area contributed by atoms with Crippen LogP contribution in [0.2, 0.25) is 0 Å². The highest BCUT2D eigenvalue weighted by Crippen LogP contribution is 2.28. The first-order chi connectivity index (χ1) is 9.52. The van der Waals surface area contributed by atoms with Crippen molar-refractivity contribution in [1.29, 1.82) is 0 Å². The molecule has 1 atom stereocenters. The fourth-order valence-corrected chi connectivity index (χ4v) is 2.53. The van der Waals surface area contributed by atoms with Crippen molar-refractivity contribution in [3.63, 3.8) is 0 Å². The first-order valence-corrected chi connectivity index (χ1v) is 6.59. The maximum absolute atomic E-state index is 12.3. The van der Waals surface area contributed by atoms with Gasteiger partial charge in [0.2, 0.25) is 0 Å². The maximum atomic E-state index is 12.3. The molecule has 0 amide bonds. The van der Waals surface area contributed by atoms with Crippen molar-refractivity contribution in [2.75, 3.05) is 7.05 Å². The Morgan fingerprint density at radius 2 is 2.15 bits per heavy atom. The molecule has 1 aromatic heterocycles. The summed E-state index contributed by atoms with van der Waals surface area (Å²) in [5.41, 5.74) is 1.57. The molecule has 20 heavy (non-hydrogen) atoms. The molecule has 0 spiro atoms. The SMILES string of the molecule is CNC(c1cccc(OC(F)F)c1)c1c(Br)nnn1C. The van der Waals surface area contributed by atoms with E-state index in [4.69, 9.17) is 0 Å². The van der Waals surface area contributed by atoms with E-state index >= 15 is 0 Å². The average Bonchev–Trinajstić information content (AvgIpc) is 2.71. The molecule has 0 bridgehead atoms. The molecule has 1 unspecified atom stereocenters. The summed E-state index contributed by atoms with van der Waals surface area (Å²) >= 11 is 3.33. The van der Waals surface area contributed by atoms with Crippen LogP contribution in [0.3, 0.4) is 0 Å². The zero-order valence-corrected chi connectivity index (χ0v) is 12.4.